The van der Waals surface area contributed by atoms with Crippen molar-refractivity contribution >= 4 is 17.2 Å². The molecule has 162 valence electrons. The van der Waals surface area contributed by atoms with E-state index in [1.54, 1.807) is 6.20 Å². The van der Waals surface area contributed by atoms with Crippen molar-refractivity contribution in [2.45, 2.75) is 52.1 Å². The van der Waals surface area contributed by atoms with Gasteiger partial charge in [0, 0.05) is 5.56 Å². The number of rotatable bonds is 8. The highest BCUT2D eigenvalue weighted by Crippen LogP contribution is 2.36. The molecule has 2 aliphatic rings. The number of ether oxygens (including phenoxy) is 2. The third-order valence-corrected chi connectivity index (χ3v) is 6.02. The van der Waals surface area contributed by atoms with Crippen molar-refractivity contribution in [1.29, 1.82) is 0 Å². The number of fused-ring (bicyclic) bond motifs is 1. The number of aryl methyl sites for hydroxylation is 2. The van der Waals surface area contributed by atoms with Crippen LogP contribution in [0.5, 0.6) is 11.8 Å². The van der Waals surface area contributed by atoms with Crippen molar-refractivity contribution in [3.05, 3.63) is 29.5 Å². The maximum absolute atomic E-state index is 11.0. The van der Waals surface area contributed by atoms with Gasteiger partial charge in [-0.3, -0.25) is 4.79 Å². The van der Waals surface area contributed by atoms with Crippen molar-refractivity contribution < 1.29 is 23.8 Å². The molecule has 0 saturated heterocycles. The number of aliphatic carboxylic acids is 1. The van der Waals surface area contributed by atoms with Gasteiger partial charge in [0.1, 0.15) is 17.4 Å². The lowest BCUT2D eigenvalue weighted by Gasteiger charge is -2.33. The number of carboxylic acid groups (broad SMARTS) is 1. The predicted molar refractivity (Wildman–Crippen MR) is 112 cm³/mol. The lowest BCUT2D eigenvalue weighted by molar-refractivity contribution is -0.147. The van der Waals surface area contributed by atoms with E-state index in [2.05, 4.69) is 15.0 Å². The average Bonchev–Trinajstić information content (AvgIpc) is 3.41. The van der Waals surface area contributed by atoms with Crippen molar-refractivity contribution in [3.8, 4) is 23.2 Å². The summed E-state index contributed by atoms with van der Waals surface area (Å²) in [5.41, 5.74) is 3.71. The summed E-state index contributed by atoms with van der Waals surface area (Å²) in [4.78, 5) is 24.1. The SMILES string of the molecule is Cc1cc(-c2nc3cnc(OCCC4CC4)nc3o2)cc(C)c1OC1CC(C(=O)O)C1. The Morgan fingerprint density at radius 3 is 2.61 bits per heavy atom. The van der Waals surface area contributed by atoms with E-state index in [9.17, 15) is 4.79 Å². The molecule has 31 heavy (non-hydrogen) atoms. The fraction of sp³-hybridized carbons (Fsp3) is 0.478. The van der Waals surface area contributed by atoms with Crippen molar-refractivity contribution in [1.82, 2.24) is 15.0 Å². The first kappa shape index (κ1) is 19.8. The van der Waals surface area contributed by atoms with Gasteiger partial charge in [0.15, 0.2) is 0 Å². The van der Waals surface area contributed by atoms with Crippen molar-refractivity contribution in [2.24, 2.45) is 11.8 Å². The fourth-order valence-electron chi connectivity index (χ4n) is 3.93. The van der Waals surface area contributed by atoms with Gasteiger partial charge in [-0.05, 0) is 62.3 Å². The van der Waals surface area contributed by atoms with Gasteiger partial charge in [0.05, 0.1) is 18.7 Å². The highest BCUT2D eigenvalue weighted by molar-refractivity contribution is 5.73. The minimum atomic E-state index is -0.751. The molecule has 3 aromatic rings. The van der Waals surface area contributed by atoms with E-state index in [4.69, 9.17) is 19.0 Å². The molecule has 1 aromatic carbocycles. The monoisotopic (exact) mass is 423 g/mol. The number of hydrogen-bond acceptors (Lipinski definition) is 7. The molecular formula is C23H25N3O5. The van der Waals surface area contributed by atoms with E-state index in [0.717, 1.165) is 34.8 Å². The number of nitrogens with zero attached hydrogens (tertiary/aromatic N) is 3. The van der Waals surface area contributed by atoms with Crippen LogP contribution in [0.4, 0.5) is 0 Å². The van der Waals surface area contributed by atoms with Gasteiger partial charge in [-0.25, -0.2) is 9.97 Å². The molecular weight excluding hydrogens is 398 g/mol. The van der Waals surface area contributed by atoms with Crippen LogP contribution in [0.2, 0.25) is 0 Å². The number of oxazole rings is 1. The summed E-state index contributed by atoms with van der Waals surface area (Å²) < 4.78 is 17.6. The number of carboxylic acids is 1. The van der Waals surface area contributed by atoms with E-state index in [0.29, 0.717) is 42.6 Å². The van der Waals surface area contributed by atoms with E-state index >= 15 is 0 Å². The number of carbonyl (C=O) groups is 1. The van der Waals surface area contributed by atoms with Crippen LogP contribution in [0.25, 0.3) is 22.7 Å². The molecule has 0 spiro atoms. The molecule has 5 rings (SSSR count). The van der Waals surface area contributed by atoms with E-state index in [1.807, 2.05) is 26.0 Å². The smallest absolute Gasteiger partial charge is 0.319 e. The van der Waals surface area contributed by atoms with Gasteiger partial charge in [0.25, 0.3) is 5.71 Å². The maximum Gasteiger partial charge on any atom is 0.319 e. The summed E-state index contributed by atoms with van der Waals surface area (Å²) in [6.07, 6.45) is 6.28. The van der Waals surface area contributed by atoms with Gasteiger partial charge in [-0.15, -0.1) is 0 Å². The number of aromatic nitrogens is 3. The maximum atomic E-state index is 11.0. The Hall–Kier alpha value is -3.16. The Morgan fingerprint density at radius 1 is 1.19 bits per heavy atom. The molecule has 8 nitrogen and oxygen atoms in total. The molecule has 2 fully saturated rings. The molecule has 2 saturated carbocycles. The molecule has 1 N–H and O–H groups in total. The van der Waals surface area contributed by atoms with Gasteiger partial charge in [-0.2, -0.15) is 4.98 Å². The first-order valence-electron chi connectivity index (χ1n) is 10.7. The zero-order valence-electron chi connectivity index (χ0n) is 17.6. The third-order valence-electron chi connectivity index (χ3n) is 6.02. The second-order valence-corrected chi connectivity index (χ2v) is 8.63. The summed E-state index contributed by atoms with van der Waals surface area (Å²) in [7, 11) is 0. The molecule has 2 aromatic heterocycles. The lowest BCUT2D eigenvalue weighted by atomic mass is 9.82. The van der Waals surface area contributed by atoms with E-state index < -0.39 is 5.97 Å². The molecule has 0 bridgehead atoms. The fourth-order valence-corrected chi connectivity index (χ4v) is 3.93. The molecule has 8 heteroatoms. The molecule has 2 heterocycles. The van der Waals surface area contributed by atoms with Crippen LogP contribution in [-0.4, -0.2) is 38.7 Å². The van der Waals surface area contributed by atoms with Gasteiger partial charge in [-0.1, -0.05) is 12.8 Å². The number of hydrogen-bond donors (Lipinski definition) is 1. The van der Waals surface area contributed by atoms with Crippen molar-refractivity contribution in [2.75, 3.05) is 6.61 Å². The van der Waals surface area contributed by atoms with Crippen LogP contribution in [0, 0.1) is 25.7 Å². The topological polar surface area (TPSA) is 108 Å². The Kier molecular flexibility index (Phi) is 5.00. The highest BCUT2D eigenvalue weighted by Gasteiger charge is 2.36. The van der Waals surface area contributed by atoms with Crippen LogP contribution in [-0.2, 0) is 4.79 Å². The summed E-state index contributed by atoms with van der Waals surface area (Å²) in [6.45, 7) is 4.55. The molecule has 2 aliphatic carbocycles. The van der Waals surface area contributed by atoms with Gasteiger partial charge >= 0.3 is 12.0 Å². The Labute approximate surface area is 179 Å². The minimum Gasteiger partial charge on any atom is -0.490 e. The lowest BCUT2D eigenvalue weighted by Crippen LogP contribution is -2.38. The summed E-state index contributed by atoms with van der Waals surface area (Å²) in [5.74, 6) is 1.00. The van der Waals surface area contributed by atoms with Gasteiger partial charge < -0.3 is 19.0 Å². The standard InChI is InChI=1S/C23H25N3O5/c1-12-7-15(8-13(2)19(12)30-17-9-16(10-17)22(27)28)20-25-18-11-24-23(26-21(18)31-20)29-6-5-14-3-4-14/h7-8,11,14,16-17H,3-6,9-10H2,1-2H3,(H,27,28). The molecule has 0 amide bonds. The molecule has 0 radical (unpaired) electrons. The van der Waals surface area contributed by atoms with Crippen LogP contribution in [0.3, 0.4) is 0 Å². The Morgan fingerprint density at radius 2 is 1.94 bits per heavy atom. The average molecular weight is 423 g/mol. The second-order valence-electron chi connectivity index (χ2n) is 8.63. The zero-order valence-corrected chi connectivity index (χ0v) is 17.6. The zero-order chi connectivity index (χ0) is 21.5. The van der Waals surface area contributed by atoms with Gasteiger partial charge in [0.2, 0.25) is 5.89 Å². The summed E-state index contributed by atoms with van der Waals surface area (Å²) in [5, 5.41) is 9.04. The summed E-state index contributed by atoms with van der Waals surface area (Å²) >= 11 is 0. The third kappa shape index (κ3) is 4.19. The molecule has 0 atom stereocenters. The Balaban J connectivity index is 1.31. The molecule has 0 unspecified atom stereocenters. The van der Waals surface area contributed by atoms with Crippen LogP contribution in [0.15, 0.2) is 22.7 Å². The van der Waals surface area contributed by atoms with Crippen LogP contribution >= 0.6 is 0 Å². The normalized spacial score (nSPS) is 20.5. The first-order valence-corrected chi connectivity index (χ1v) is 10.7. The predicted octanol–water partition coefficient (Wildman–Crippen LogP) is 4.32. The second kappa shape index (κ2) is 7.83. The summed E-state index contributed by atoms with van der Waals surface area (Å²) in [6, 6.07) is 4.23. The molecule has 0 aliphatic heterocycles. The largest absolute Gasteiger partial charge is 0.490 e. The highest BCUT2D eigenvalue weighted by atomic mass is 16.5. The van der Waals surface area contributed by atoms with Crippen molar-refractivity contribution in [3.63, 3.8) is 0 Å². The Bertz CT molecular complexity index is 1110. The van der Waals surface area contributed by atoms with E-state index in [-0.39, 0.29) is 12.0 Å². The quantitative estimate of drug-likeness (QED) is 0.571. The van der Waals surface area contributed by atoms with Crippen LogP contribution in [0.1, 0.15) is 43.2 Å². The number of benzene rings is 1. The first-order chi connectivity index (χ1) is 15.0. The van der Waals surface area contributed by atoms with E-state index in [1.165, 1.54) is 12.8 Å². The van der Waals surface area contributed by atoms with Crippen LogP contribution < -0.4 is 9.47 Å². The minimum absolute atomic E-state index is 0.0534.